The molecule has 0 aliphatic heterocycles. The highest BCUT2D eigenvalue weighted by Gasteiger charge is 2.19. The SMILES string of the molecule is CCCCCCCCCCCCCCCCCCC(=O)OC[C@H](COC(=O)CCCCCCCCCCCCCCCC(C)C)OC(=O)CCCCCCCCCCCCCCCCCC. The molecule has 6 nitrogen and oxygen atoms in total. The minimum atomic E-state index is -0.762. The summed E-state index contributed by atoms with van der Waals surface area (Å²) < 4.78 is 16.9. The molecule has 1 atom stereocenters. The van der Waals surface area contributed by atoms with Crippen LogP contribution < -0.4 is 0 Å². The molecule has 0 bridgehead atoms. The van der Waals surface area contributed by atoms with E-state index in [9.17, 15) is 14.4 Å². The Morgan fingerprint density at radius 1 is 0.288 bits per heavy atom. The zero-order chi connectivity index (χ0) is 48.1. The standard InChI is InChI=1S/C60H116O6/c1-5-7-9-11-13-15-17-19-21-23-27-31-35-39-43-47-51-58(61)64-54-57(66-60(63)53-49-45-41-37-33-28-24-22-20-18-16-14-12-10-8-6-2)55-65-59(62)52-48-44-40-36-32-29-25-26-30-34-38-42-46-50-56(3)4/h56-57H,5-55H2,1-4H3/t57-/m1/s1. The molecule has 0 unspecified atom stereocenters. The van der Waals surface area contributed by atoms with Gasteiger partial charge in [0.05, 0.1) is 0 Å². The van der Waals surface area contributed by atoms with Gasteiger partial charge in [-0.15, -0.1) is 0 Å². The van der Waals surface area contributed by atoms with Gasteiger partial charge in [0.1, 0.15) is 13.2 Å². The Morgan fingerprint density at radius 3 is 0.742 bits per heavy atom. The molecule has 0 aromatic rings. The van der Waals surface area contributed by atoms with Gasteiger partial charge in [-0.05, 0) is 25.2 Å². The number of carbonyl (C=O) groups excluding carboxylic acids is 3. The molecule has 0 aromatic heterocycles. The second kappa shape index (κ2) is 54.4. The minimum absolute atomic E-state index is 0.0615. The Hall–Kier alpha value is -1.59. The van der Waals surface area contributed by atoms with E-state index >= 15 is 0 Å². The second-order valence-electron chi connectivity index (χ2n) is 21.1. The van der Waals surface area contributed by atoms with Gasteiger partial charge in [-0.1, -0.05) is 304 Å². The van der Waals surface area contributed by atoms with E-state index in [1.807, 2.05) is 0 Å². The van der Waals surface area contributed by atoms with Gasteiger partial charge < -0.3 is 14.2 Å². The summed E-state index contributed by atoms with van der Waals surface area (Å²) >= 11 is 0. The summed E-state index contributed by atoms with van der Waals surface area (Å²) in [4.78, 5) is 38.2. The van der Waals surface area contributed by atoms with Crippen LogP contribution in [-0.2, 0) is 28.6 Å². The lowest BCUT2D eigenvalue weighted by Crippen LogP contribution is -2.30. The molecule has 0 aliphatic rings. The first-order valence-electron chi connectivity index (χ1n) is 29.9. The third kappa shape index (κ3) is 53.4. The summed E-state index contributed by atoms with van der Waals surface area (Å²) in [7, 11) is 0. The predicted octanol–water partition coefficient (Wildman–Crippen LogP) is 19.8. The first-order valence-corrected chi connectivity index (χ1v) is 29.9. The summed E-state index contributed by atoms with van der Waals surface area (Å²) in [6.45, 7) is 9.07. The molecular formula is C60H116O6. The average Bonchev–Trinajstić information content (AvgIpc) is 3.30. The second-order valence-corrected chi connectivity index (χ2v) is 21.1. The van der Waals surface area contributed by atoms with Crippen molar-refractivity contribution in [2.45, 2.75) is 348 Å². The van der Waals surface area contributed by atoms with E-state index < -0.39 is 6.10 Å². The minimum Gasteiger partial charge on any atom is -0.462 e. The Morgan fingerprint density at radius 2 is 0.500 bits per heavy atom. The average molecular weight is 934 g/mol. The zero-order valence-electron chi connectivity index (χ0n) is 45.2. The van der Waals surface area contributed by atoms with Crippen LogP contribution >= 0.6 is 0 Å². The normalized spacial score (nSPS) is 12.0. The van der Waals surface area contributed by atoms with E-state index in [1.54, 1.807) is 0 Å². The van der Waals surface area contributed by atoms with Gasteiger partial charge in [0.15, 0.2) is 6.10 Å². The summed E-state index contributed by atoms with van der Waals surface area (Å²) in [5, 5.41) is 0. The topological polar surface area (TPSA) is 78.9 Å². The lowest BCUT2D eigenvalue weighted by Gasteiger charge is -2.18. The van der Waals surface area contributed by atoms with E-state index in [0.717, 1.165) is 63.7 Å². The van der Waals surface area contributed by atoms with Crippen LogP contribution in [0, 0.1) is 5.92 Å². The number of unbranched alkanes of at least 4 members (excludes halogenated alkanes) is 42. The molecule has 0 saturated carbocycles. The van der Waals surface area contributed by atoms with Gasteiger partial charge in [-0.25, -0.2) is 0 Å². The number of hydrogen-bond donors (Lipinski definition) is 0. The smallest absolute Gasteiger partial charge is 0.306 e. The van der Waals surface area contributed by atoms with E-state index in [4.69, 9.17) is 14.2 Å². The van der Waals surface area contributed by atoms with Gasteiger partial charge in [0.25, 0.3) is 0 Å². The number of hydrogen-bond acceptors (Lipinski definition) is 6. The van der Waals surface area contributed by atoms with Crippen LogP contribution in [0.1, 0.15) is 342 Å². The maximum atomic E-state index is 12.9. The number of ether oxygens (including phenoxy) is 3. The van der Waals surface area contributed by atoms with Crippen molar-refractivity contribution in [3.8, 4) is 0 Å². The molecule has 6 heteroatoms. The molecule has 0 saturated heterocycles. The molecule has 0 aliphatic carbocycles. The summed E-state index contributed by atoms with van der Waals surface area (Å²) in [6.07, 6.45) is 59.5. The highest BCUT2D eigenvalue weighted by Crippen LogP contribution is 2.18. The molecule has 0 spiro atoms. The number of esters is 3. The Balaban J connectivity index is 4.30. The first kappa shape index (κ1) is 64.4. The lowest BCUT2D eigenvalue weighted by molar-refractivity contribution is -0.167. The van der Waals surface area contributed by atoms with Gasteiger partial charge >= 0.3 is 17.9 Å². The molecule has 0 radical (unpaired) electrons. The maximum absolute atomic E-state index is 12.9. The van der Waals surface area contributed by atoms with Crippen LogP contribution in [0.25, 0.3) is 0 Å². The van der Waals surface area contributed by atoms with Gasteiger partial charge in [-0.3, -0.25) is 14.4 Å². The van der Waals surface area contributed by atoms with Crippen molar-refractivity contribution in [3.05, 3.63) is 0 Å². The fourth-order valence-corrected chi connectivity index (χ4v) is 9.28. The molecule has 0 heterocycles. The Labute approximate surface area is 412 Å². The quantitative estimate of drug-likeness (QED) is 0.0343. The molecule has 0 rings (SSSR count). The van der Waals surface area contributed by atoms with Crippen LogP contribution in [0.15, 0.2) is 0 Å². The zero-order valence-corrected chi connectivity index (χ0v) is 45.2. The van der Waals surface area contributed by atoms with Crippen LogP contribution in [0.4, 0.5) is 0 Å². The third-order valence-electron chi connectivity index (χ3n) is 13.8. The van der Waals surface area contributed by atoms with Gasteiger partial charge in [-0.2, -0.15) is 0 Å². The van der Waals surface area contributed by atoms with Crippen molar-refractivity contribution < 1.29 is 28.6 Å². The predicted molar refractivity (Wildman–Crippen MR) is 284 cm³/mol. The summed E-state index contributed by atoms with van der Waals surface area (Å²) in [6, 6.07) is 0. The summed E-state index contributed by atoms with van der Waals surface area (Å²) in [5.41, 5.74) is 0. The monoisotopic (exact) mass is 933 g/mol. The van der Waals surface area contributed by atoms with Gasteiger partial charge in [0, 0.05) is 19.3 Å². The number of rotatable bonds is 55. The molecular weight excluding hydrogens is 817 g/mol. The van der Waals surface area contributed by atoms with Crippen molar-refractivity contribution in [2.24, 2.45) is 5.92 Å². The van der Waals surface area contributed by atoms with Crippen LogP contribution in [0.5, 0.6) is 0 Å². The van der Waals surface area contributed by atoms with Crippen molar-refractivity contribution in [2.75, 3.05) is 13.2 Å². The first-order chi connectivity index (χ1) is 32.4. The van der Waals surface area contributed by atoms with Crippen LogP contribution in [-0.4, -0.2) is 37.2 Å². The molecule has 66 heavy (non-hydrogen) atoms. The van der Waals surface area contributed by atoms with E-state index in [-0.39, 0.29) is 31.1 Å². The van der Waals surface area contributed by atoms with E-state index in [2.05, 4.69) is 27.7 Å². The maximum Gasteiger partial charge on any atom is 0.306 e. The molecule has 0 N–H and O–H groups in total. The molecule has 0 fully saturated rings. The fourth-order valence-electron chi connectivity index (χ4n) is 9.28. The van der Waals surface area contributed by atoms with E-state index in [1.165, 1.54) is 238 Å². The van der Waals surface area contributed by atoms with Crippen molar-refractivity contribution in [1.82, 2.24) is 0 Å². The van der Waals surface area contributed by atoms with Crippen molar-refractivity contribution in [1.29, 1.82) is 0 Å². The van der Waals surface area contributed by atoms with E-state index in [0.29, 0.717) is 19.3 Å². The summed E-state index contributed by atoms with van der Waals surface area (Å²) in [5.74, 6) is 0.00763. The van der Waals surface area contributed by atoms with Gasteiger partial charge in [0.2, 0.25) is 0 Å². The Kier molecular flexibility index (Phi) is 53.0. The highest BCUT2D eigenvalue weighted by molar-refractivity contribution is 5.71. The molecule has 0 amide bonds. The van der Waals surface area contributed by atoms with Crippen molar-refractivity contribution in [3.63, 3.8) is 0 Å². The largest absolute Gasteiger partial charge is 0.462 e. The fraction of sp³-hybridized carbons (Fsp3) is 0.950. The van der Waals surface area contributed by atoms with Crippen molar-refractivity contribution >= 4 is 17.9 Å². The number of carbonyl (C=O) groups is 3. The highest BCUT2D eigenvalue weighted by atomic mass is 16.6. The van der Waals surface area contributed by atoms with Crippen LogP contribution in [0.2, 0.25) is 0 Å². The molecule has 0 aromatic carbocycles. The third-order valence-corrected chi connectivity index (χ3v) is 13.8. The molecule has 392 valence electrons. The van der Waals surface area contributed by atoms with Crippen LogP contribution in [0.3, 0.4) is 0 Å². The lowest BCUT2D eigenvalue weighted by atomic mass is 10.0. The Bertz CT molecular complexity index is 996.